The van der Waals surface area contributed by atoms with Crippen molar-refractivity contribution in [1.29, 1.82) is 0 Å². The number of carbonyl (C=O) groups is 1. The Hall–Kier alpha value is -0.313. The summed E-state index contributed by atoms with van der Waals surface area (Å²) >= 11 is 0. The second kappa shape index (κ2) is 2.79. The summed E-state index contributed by atoms with van der Waals surface area (Å²) in [5.74, 6) is 0.204. The Morgan fingerprint density at radius 3 is 2.43 bits per heavy atom. The van der Waals surface area contributed by atoms with E-state index < -0.39 is 0 Å². The molecule has 1 heterocycles. The van der Waals surface area contributed by atoms with Crippen molar-refractivity contribution in [2.45, 2.75) is 12.8 Å². The lowest BCUT2D eigenvalue weighted by atomic mass is 10.4. The Morgan fingerprint density at radius 2 is 2.29 bits per heavy atom. The van der Waals surface area contributed by atoms with E-state index in [4.69, 9.17) is 0 Å². The minimum Gasteiger partial charge on any atom is -0.356 e. The van der Waals surface area contributed by atoms with Crippen LogP contribution in [0.25, 0.3) is 0 Å². The van der Waals surface area contributed by atoms with Crippen LogP contribution in [0.15, 0.2) is 0 Å². The van der Waals surface area contributed by atoms with Crippen LogP contribution >= 0.6 is 0 Å². The molecule has 0 atom stereocenters. The fourth-order valence-electron chi connectivity index (χ4n) is 0.565. The summed E-state index contributed by atoms with van der Waals surface area (Å²) in [5, 5.41) is 2.68. The zero-order valence-corrected chi connectivity index (χ0v) is 3.53. The van der Waals surface area contributed by atoms with Gasteiger partial charge in [0.1, 0.15) is 0 Å². The van der Waals surface area contributed by atoms with Gasteiger partial charge in [0.05, 0.1) is 0 Å². The third-order valence-corrected chi connectivity index (χ3v) is 0.903. The van der Waals surface area contributed by atoms with Gasteiger partial charge in [-0.15, -0.1) is 0 Å². The maximum absolute atomic E-state index is 10.1. The van der Waals surface area contributed by atoms with E-state index in [0.717, 1.165) is 19.4 Å². The van der Waals surface area contributed by atoms with Crippen LogP contribution in [0.2, 0.25) is 0 Å². The zero-order valence-electron chi connectivity index (χ0n) is 3.53. The van der Waals surface area contributed by atoms with Gasteiger partial charge in [0, 0.05) is 13.0 Å². The highest BCUT2D eigenvalue weighted by molar-refractivity contribution is 5.77. The van der Waals surface area contributed by atoms with Crippen LogP contribution in [-0.2, 0) is 4.79 Å². The fourth-order valence-corrected chi connectivity index (χ4v) is 0.565. The molecule has 2 nitrogen and oxygen atoms in total. The molecule has 1 amide bonds. The van der Waals surface area contributed by atoms with Crippen LogP contribution < -0.4 is 5.32 Å². The molecule has 0 aromatic rings. The molecule has 1 rings (SSSR count). The summed E-state index contributed by atoms with van der Waals surface area (Å²) in [4.78, 5) is 10.1. The number of amides is 1. The summed E-state index contributed by atoms with van der Waals surface area (Å²) in [6.07, 6.45) is 1.76. The Kier molecular flexibility index (Phi) is 2.67. The summed E-state index contributed by atoms with van der Waals surface area (Å²) in [7, 11) is 0. The average Bonchev–Trinajstić information content (AvgIpc) is 1.86. The standard InChI is InChI=1S/C4H7NO.H4Si/c6-4-2-1-3-5-4;/h1-3H2,(H,5,6);1H4. The van der Waals surface area contributed by atoms with Crippen molar-refractivity contribution in [1.82, 2.24) is 5.32 Å². The van der Waals surface area contributed by atoms with Crippen molar-refractivity contribution >= 4 is 16.9 Å². The quantitative estimate of drug-likeness (QED) is 0.382. The zero-order chi connectivity index (χ0) is 4.41. The summed E-state index contributed by atoms with van der Waals surface area (Å²) in [5.41, 5.74) is 0. The van der Waals surface area contributed by atoms with E-state index >= 15 is 0 Å². The maximum Gasteiger partial charge on any atom is 0.220 e. The van der Waals surface area contributed by atoms with Gasteiger partial charge in [-0.1, -0.05) is 0 Å². The lowest BCUT2D eigenvalue weighted by molar-refractivity contribution is -0.119. The van der Waals surface area contributed by atoms with Gasteiger partial charge in [-0.05, 0) is 17.4 Å². The number of rotatable bonds is 0. The van der Waals surface area contributed by atoms with E-state index in [1.807, 2.05) is 0 Å². The molecule has 1 aliphatic rings. The van der Waals surface area contributed by atoms with Crippen molar-refractivity contribution in [3.05, 3.63) is 0 Å². The van der Waals surface area contributed by atoms with Crippen molar-refractivity contribution in [3.8, 4) is 0 Å². The Morgan fingerprint density at radius 1 is 1.57 bits per heavy atom. The Balaban J connectivity index is 0.000000360. The number of hydrogen-bond acceptors (Lipinski definition) is 1. The highest BCUT2D eigenvalue weighted by atomic mass is 28.1. The van der Waals surface area contributed by atoms with E-state index in [1.54, 1.807) is 0 Å². The topological polar surface area (TPSA) is 29.1 Å². The molecule has 3 heteroatoms. The summed E-state index contributed by atoms with van der Waals surface area (Å²) < 4.78 is 0. The molecule has 42 valence electrons. The van der Waals surface area contributed by atoms with Crippen LogP contribution in [0.1, 0.15) is 12.8 Å². The molecule has 0 radical (unpaired) electrons. The van der Waals surface area contributed by atoms with Gasteiger partial charge in [-0.25, -0.2) is 0 Å². The van der Waals surface area contributed by atoms with Crippen molar-refractivity contribution in [3.63, 3.8) is 0 Å². The molecule has 1 N–H and O–H groups in total. The van der Waals surface area contributed by atoms with Gasteiger partial charge >= 0.3 is 0 Å². The molecule has 1 aliphatic heterocycles. The van der Waals surface area contributed by atoms with E-state index in [2.05, 4.69) is 5.32 Å². The van der Waals surface area contributed by atoms with E-state index in [0.29, 0.717) is 0 Å². The fraction of sp³-hybridized carbons (Fsp3) is 0.750. The molecular weight excluding hydrogens is 106 g/mol. The smallest absolute Gasteiger partial charge is 0.220 e. The van der Waals surface area contributed by atoms with Crippen molar-refractivity contribution in [2.24, 2.45) is 0 Å². The molecule has 0 aliphatic carbocycles. The van der Waals surface area contributed by atoms with Crippen LogP contribution in [-0.4, -0.2) is 23.4 Å². The van der Waals surface area contributed by atoms with Crippen molar-refractivity contribution in [2.75, 3.05) is 6.54 Å². The Labute approximate surface area is 47.3 Å². The van der Waals surface area contributed by atoms with Gasteiger partial charge in [0.15, 0.2) is 0 Å². The highest BCUT2D eigenvalue weighted by Crippen LogP contribution is 1.93. The molecular formula is C4H11NOSi. The molecule has 0 saturated carbocycles. The van der Waals surface area contributed by atoms with E-state index in [1.165, 1.54) is 0 Å². The van der Waals surface area contributed by atoms with Gasteiger partial charge in [0.25, 0.3) is 0 Å². The molecule has 7 heavy (non-hydrogen) atoms. The first-order valence-corrected chi connectivity index (χ1v) is 2.16. The third-order valence-electron chi connectivity index (χ3n) is 0.903. The Bertz CT molecular complexity index is 66.1. The van der Waals surface area contributed by atoms with Crippen molar-refractivity contribution < 1.29 is 4.79 Å². The predicted octanol–water partition coefficient (Wildman–Crippen LogP) is -1.56. The second-order valence-electron chi connectivity index (χ2n) is 1.45. The van der Waals surface area contributed by atoms with Gasteiger partial charge in [-0.2, -0.15) is 0 Å². The number of carbonyl (C=O) groups excluding carboxylic acids is 1. The van der Waals surface area contributed by atoms with Crippen LogP contribution in [0, 0.1) is 0 Å². The SMILES string of the molecule is O=C1CCCN1.[SiH4]. The monoisotopic (exact) mass is 117 g/mol. The second-order valence-corrected chi connectivity index (χ2v) is 1.45. The largest absolute Gasteiger partial charge is 0.356 e. The van der Waals surface area contributed by atoms with Gasteiger partial charge in [-0.3, -0.25) is 4.79 Å². The number of nitrogens with one attached hydrogen (secondary N) is 1. The van der Waals surface area contributed by atoms with Gasteiger partial charge in [0.2, 0.25) is 5.91 Å². The van der Waals surface area contributed by atoms with Crippen LogP contribution in [0.4, 0.5) is 0 Å². The molecule has 0 aromatic carbocycles. The first kappa shape index (κ1) is 6.69. The first-order chi connectivity index (χ1) is 2.89. The van der Waals surface area contributed by atoms with Crippen LogP contribution in [0.3, 0.4) is 0 Å². The molecule has 1 saturated heterocycles. The highest BCUT2D eigenvalue weighted by Gasteiger charge is 2.05. The molecule has 0 bridgehead atoms. The minimum absolute atomic E-state index is 0. The lowest BCUT2D eigenvalue weighted by Gasteiger charge is -1.80. The molecule has 0 unspecified atom stereocenters. The molecule has 0 spiro atoms. The average molecular weight is 117 g/mol. The minimum atomic E-state index is 0. The first-order valence-electron chi connectivity index (χ1n) is 2.16. The maximum atomic E-state index is 10.1. The molecule has 0 aromatic heterocycles. The summed E-state index contributed by atoms with van der Waals surface area (Å²) in [6.45, 7) is 0.888. The van der Waals surface area contributed by atoms with E-state index in [-0.39, 0.29) is 16.9 Å². The lowest BCUT2D eigenvalue weighted by Crippen LogP contribution is -2.12. The predicted molar refractivity (Wildman–Crippen MR) is 33.6 cm³/mol. The van der Waals surface area contributed by atoms with E-state index in [9.17, 15) is 4.79 Å². The van der Waals surface area contributed by atoms with Crippen LogP contribution in [0.5, 0.6) is 0 Å². The van der Waals surface area contributed by atoms with Gasteiger partial charge < -0.3 is 5.32 Å². The third kappa shape index (κ3) is 1.73. The number of hydrogen-bond donors (Lipinski definition) is 1. The molecule has 1 fully saturated rings. The normalized spacial score (nSPS) is 18.0. The summed E-state index contributed by atoms with van der Waals surface area (Å²) in [6, 6.07) is 0.